The minimum atomic E-state index is -2.40. The van der Waals surface area contributed by atoms with Crippen LogP contribution in [0.5, 0.6) is 0 Å². The Morgan fingerprint density at radius 1 is 0.697 bits per heavy atom. The van der Waals surface area contributed by atoms with Gasteiger partial charge in [-0.15, -0.1) is 9.89 Å². The Kier molecular flexibility index (Phi) is 6.10. The summed E-state index contributed by atoms with van der Waals surface area (Å²) < 4.78 is 0. The molecule has 0 fully saturated rings. The lowest BCUT2D eigenvalue weighted by Crippen LogP contribution is -2.26. The molecule has 33 heavy (non-hydrogen) atoms. The van der Waals surface area contributed by atoms with Gasteiger partial charge in [-0.25, -0.2) is 0 Å². The smallest absolute Gasteiger partial charge is 0.158 e. The maximum atomic E-state index is 5.55. The van der Waals surface area contributed by atoms with Crippen LogP contribution in [-0.2, 0) is 0 Å². The monoisotopic (exact) mass is 450 g/mol. The van der Waals surface area contributed by atoms with Gasteiger partial charge in [-0.2, -0.15) is 4.85 Å². The van der Waals surface area contributed by atoms with Crippen molar-refractivity contribution in [3.63, 3.8) is 0 Å². The summed E-state index contributed by atoms with van der Waals surface area (Å²) >= 11 is 0. The molecule has 0 saturated carbocycles. The van der Waals surface area contributed by atoms with Crippen molar-refractivity contribution in [1.29, 1.82) is 0 Å². The quantitative estimate of drug-likeness (QED) is 0.319. The summed E-state index contributed by atoms with van der Waals surface area (Å²) in [5, 5.41) is 13.2. The van der Waals surface area contributed by atoms with E-state index in [0.29, 0.717) is 0 Å². The van der Waals surface area contributed by atoms with Crippen LogP contribution in [0.1, 0.15) is 13.3 Å². The van der Waals surface area contributed by atoms with E-state index in [9.17, 15) is 0 Å². The number of hydrogen-bond acceptors (Lipinski definition) is 3. The zero-order chi connectivity index (χ0) is 22.5. The standard InChI is InChI=1S/C28H27N4P/c1-2-22-29-28-26-20-12-13-21-27(26)30-32(28)31-33(23-14-6-3-7-15-23,24-16-8-4-9-17-24)25-18-10-5-11-19-25/h3-21,29H,2,22H2,1H3. The van der Waals surface area contributed by atoms with Crippen molar-refractivity contribution in [2.45, 2.75) is 13.3 Å². The van der Waals surface area contributed by atoms with E-state index in [4.69, 9.17) is 9.95 Å². The van der Waals surface area contributed by atoms with Gasteiger partial charge in [0.15, 0.2) is 5.82 Å². The van der Waals surface area contributed by atoms with Crippen molar-refractivity contribution >= 4 is 39.7 Å². The third kappa shape index (κ3) is 3.99. The van der Waals surface area contributed by atoms with Gasteiger partial charge in [0, 0.05) is 27.8 Å². The van der Waals surface area contributed by atoms with E-state index in [1.165, 1.54) is 15.9 Å². The first-order valence-corrected chi connectivity index (χ1v) is 13.1. The Morgan fingerprint density at radius 3 is 1.70 bits per heavy atom. The second kappa shape index (κ2) is 9.48. The largest absolute Gasteiger partial charge is 0.368 e. The molecule has 0 unspecified atom stereocenters. The maximum Gasteiger partial charge on any atom is 0.158 e. The Labute approximate surface area is 194 Å². The van der Waals surface area contributed by atoms with Gasteiger partial charge >= 0.3 is 0 Å². The first-order valence-electron chi connectivity index (χ1n) is 11.3. The highest BCUT2D eigenvalue weighted by molar-refractivity contribution is 7.87. The maximum absolute atomic E-state index is 5.55. The molecule has 0 bridgehead atoms. The third-order valence-electron chi connectivity index (χ3n) is 5.71. The van der Waals surface area contributed by atoms with Crippen molar-refractivity contribution in [2.24, 2.45) is 4.85 Å². The molecule has 0 radical (unpaired) electrons. The fourth-order valence-corrected chi connectivity index (χ4v) is 7.55. The average Bonchev–Trinajstić information content (AvgIpc) is 3.24. The number of nitrogens with zero attached hydrogens (tertiary/aromatic N) is 3. The normalized spacial score (nSPS) is 11.4. The van der Waals surface area contributed by atoms with Gasteiger partial charge in [-0.05, 0) is 18.6 Å². The van der Waals surface area contributed by atoms with Gasteiger partial charge in [-0.1, -0.05) is 110 Å². The topological polar surface area (TPSA) is 42.2 Å². The van der Waals surface area contributed by atoms with Crippen LogP contribution in [0.15, 0.2) is 120 Å². The minimum absolute atomic E-state index is 0.860. The molecule has 1 aromatic heterocycles. The van der Waals surface area contributed by atoms with Crippen LogP contribution in [-0.4, -0.2) is 16.4 Å². The van der Waals surface area contributed by atoms with E-state index in [0.717, 1.165) is 29.7 Å². The lowest BCUT2D eigenvalue weighted by molar-refractivity contribution is 0.762. The van der Waals surface area contributed by atoms with Gasteiger partial charge in [0.05, 0.1) is 12.6 Å². The van der Waals surface area contributed by atoms with Crippen LogP contribution in [0.3, 0.4) is 0 Å². The Hall–Kier alpha value is -3.62. The minimum Gasteiger partial charge on any atom is -0.368 e. The van der Waals surface area contributed by atoms with Gasteiger partial charge < -0.3 is 5.32 Å². The van der Waals surface area contributed by atoms with Crippen LogP contribution in [0, 0.1) is 0 Å². The molecule has 1 heterocycles. The van der Waals surface area contributed by atoms with E-state index in [1.807, 2.05) is 16.9 Å². The summed E-state index contributed by atoms with van der Waals surface area (Å²) in [4.78, 5) is 7.39. The zero-order valence-electron chi connectivity index (χ0n) is 18.7. The highest BCUT2D eigenvalue weighted by atomic mass is 31.2. The summed E-state index contributed by atoms with van der Waals surface area (Å²) in [5.74, 6) is 0.944. The molecule has 5 rings (SSSR count). The zero-order valence-corrected chi connectivity index (χ0v) is 19.6. The number of anilines is 1. The van der Waals surface area contributed by atoms with E-state index in [-0.39, 0.29) is 0 Å². The van der Waals surface area contributed by atoms with E-state index >= 15 is 0 Å². The SMILES string of the molecule is CCCNc1c2ccccc2nn1N=P(c1ccccc1)(c1ccccc1)c1ccccc1. The summed E-state index contributed by atoms with van der Waals surface area (Å²) in [6, 6.07) is 40.2. The van der Waals surface area contributed by atoms with Gasteiger partial charge in [-0.3, -0.25) is 0 Å². The number of fused-ring (bicyclic) bond motifs is 1. The Bertz CT molecular complexity index is 1290. The van der Waals surface area contributed by atoms with E-state index in [1.54, 1.807) is 0 Å². The molecule has 0 atom stereocenters. The lowest BCUT2D eigenvalue weighted by atomic mass is 10.2. The molecule has 0 spiro atoms. The molecule has 164 valence electrons. The molecule has 0 saturated heterocycles. The first kappa shape index (κ1) is 21.2. The molecular weight excluding hydrogens is 423 g/mol. The number of nitrogens with one attached hydrogen (secondary N) is 1. The second-order valence-electron chi connectivity index (χ2n) is 7.91. The number of aromatic nitrogens is 2. The summed E-state index contributed by atoms with van der Waals surface area (Å²) in [6.07, 6.45) is 1.02. The predicted molar refractivity (Wildman–Crippen MR) is 141 cm³/mol. The molecule has 0 aliphatic rings. The Balaban J connectivity index is 1.90. The van der Waals surface area contributed by atoms with Crippen molar-refractivity contribution in [1.82, 2.24) is 9.89 Å². The van der Waals surface area contributed by atoms with E-state index in [2.05, 4.69) is 115 Å². The number of hydrogen-bond donors (Lipinski definition) is 1. The summed E-state index contributed by atoms with van der Waals surface area (Å²) in [5.41, 5.74) is 0.937. The molecule has 4 nitrogen and oxygen atoms in total. The third-order valence-corrected chi connectivity index (χ3v) is 9.29. The molecule has 0 amide bonds. The van der Waals surface area contributed by atoms with Crippen LogP contribution >= 0.6 is 7.05 Å². The van der Waals surface area contributed by atoms with Crippen LogP contribution < -0.4 is 21.2 Å². The van der Waals surface area contributed by atoms with Gasteiger partial charge in [0.2, 0.25) is 0 Å². The van der Waals surface area contributed by atoms with Crippen molar-refractivity contribution < 1.29 is 0 Å². The Morgan fingerprint density at radius 2 is 1.18 bits per heavy atom. The molecule has 5 heteroatoms. The summed E-state index contributed by atoms with van der Waals surface area (Å²) in [7, 11) is -2.40. The molecule has 5 aromatic rings. The fourth-order valence-electron chi connectivity index (χ4n) is 4.16. The van der Waals surface area contributed by atoms with Crippen molar-refractivity contribution in [3.05, 3.63) is 115 Å². The predicted octanol–water partition coefficient (Wildman–Crippen LogP) is 5.80. The number of benzene rings is 4. The lowest BCUT2D eigenvalue weighted by Gasteiger charge is -2.26. The molecule has 1 N–H and O–H groups in total. The highest BCUT2D eigenvalue weighted by Gasteiger charge is 2.29. The highest BCUT2D eigenvalue weighted by Crippen LogP contribution is 2.47. The van der Waals surface area contributed by atoms with Crippen LogP contribution in [0.4, 0.5) is 5.82 Å². The first-order chi connectivity index (χ1) is 16.3. The van der Waals surface area contributed by atoms with Gasteiger partial charge in [0.1, 0.15) is 0 Å². The van der Waals surface area contributed by atoms with E-state index < -0.39 is 7.05 Å². The average molecular weight is 451 g/mol. The van der Waals surface area contributed by atoms with Crippen LogP contribution in [0.2, 0.25) is 0 Å². The van der Waals surface area contributed by atoms with Gasteiger partial charge in [0.25, 0.3) is 0 Å². The summed E-state index contributed by atoms with van der Waals surface area (Å²) in [6.45, 7) is 3.03. The number of rotatable bonds is 7. The second-order valence-corrected chi connectivity index (χ2v) is 10.9. The van der Waals surface area contributed by atoms with Crippen molar-refractivity contribution in [2.75, 3.05) is 11.9 Å². The molecule has 0 aliphatic heterocycles. The van der Waals surface area contributed by atoms with Crippen LogP contribution in [0.25, 0.3) is 10.9 Å². The van der Waals surface area contributed by atoms with Crippen molar-refractivity contribution in [3.8, 4) is 0 Å². The molecule has 0 aliphatic carbocycles. The molecule has 4 aromatic carbocycles. The fraction of sp³-hybridized carbons (Fsp3) is 0.107. The molecular formula is C28H27N4P.